The first kappa shape index (κ1) is 16.7. The van der Waals surface area contributed by atoms with Crippen molar-refractivity contribution in [3.8, 4) is 0 Å². The second-order valence-corrected chi connectivity index (χ2v) is 3.98. The molecule has 0 rings (SSSR count). The summed E-state index contributed by atoms with van der Waals surface area (Å²) in [6.07, 6.45) is 1.15. The Morgan fingerprint density at radius 2 is 1.22 bits per heavy atom. The van der Waals surface area contributed by atoms with Crippen LogP contribution in [-0.2, 0) is 0 Å². The normalized spacial score (nSPS) is 13.8. The van der Waals surface area contributed by atoms with Crippen molar-refractivity contribution < 1.29 is 10.2 Å². The summed E-state index contributed by atoms with van der Waals surface area (Å²) >= 11 is 0. The van der Waals surface area contributed by atoms with Crippen LogP contribution in [0.4, 0.5) is 0 Å². The van der Waals surface area contributed by atoms with E-state index in [2.05, 4.69) is 10.6 Å². The molecule has 106 valence electrons. The first-order valence-corrected chi connectivity index (χ1v) is 6.09. The van der Waals surface area contributed by atoms with Gasteiger partial charge in [0, 0.05) is 0 Å². The molecule has 0 fully saturated rings. The molecule has 0 aliphatic rings. The molecule has 18 heavy (non-hydrogen) atoms. The van der Waals surface area contributed by atoms with E-state index in [1.807, 2.05) is 13.8 Å². The lowest BCUT2D eigenvalue weighted by molar-refractivity contribution is 0.0784. The van der Waals surface area contributed by atoms with Gasteiger partial charge in [-0.05, 0) is 12.8 Å². The van der Waals surface area contributed by atoms with E-state index < -0.39 is 0 Å². The van der Waals surface area contributed by atoms with Crippen LogP contribution in [0.3, 0.4) is 0 Å². The number of hydrogen-bond acceptors (Lipinski definition) is 6. The summed E-state index contributed by atoms with van der Waals surface area (Å²) in [4.78, 5) is 21.3. The summed E-state index contributed by atoms with van der Waals surface area (Å²) in [6.45, 7) is 3.69. The highest BCUT2D eigenvalue weighted by molar-refractivity contribution is 4.70. The van der Waals surface area contributed by atoms with Gasteiger partial charge in [-0.2, -0.15) is 0 Å². The van der Waals surface area contributed by atoms with Gasteiger partial charge in [0.15, 0.2) is 0 Å². The van der Waals surface area contributed by atoms with Crippen LogP contribution in [0.15, 0.2) is 10.6 Å². The molecule has 0 heterocycles. The third kappa shape index (κ3) is 4.92. The average Bonchev–Trinajstić information content (AvgIpc) is 2.42. The van der Waals surface area contributed by atoms with Crippen molar-refractivity contribution in [2.24, 2.45) is 10.6 Å². The number of nitrogens with zero attached hydrogens (tertiary/aromatic N) is 4. The van der Waals surface area contributed by atoms with E-state index in [4.69, 9.17) is 10.2 Å². The highest BCUT2D eigenvalue weighted by atomic mass is 16.3. The third-order valence-electron chi connectivity index (χ3n) is 2.97. The molecule has 8 nitrogen and oxygen atoms in total. The Balaban J connectivity index is 4.39. The van der Waals surface area contributed by atoms with E-state index in [9.17, 15) is 9.81 Å². The zero-order valence-corrected chi connectivity index (χ0v) is 10.9. The molecule has 0 aromatic heterocycles. The molecule has 0 aromatic rings. The lowest BCUT2D eigenvalue weighted by atomic mass is 10.2. The molecule has 0 aliphatic heterocycles. The average molecular weight is 262 g/mol. The van der Waals surface area contributed by atoms with Gasteiger partial charge in [-0.1, -0.05) is 13.8 Å². The summed E-state index contributed by atoms with van der Waals surface area (Å²) in [5, 5.41) is 26.2. The van der Waals surface area contributed by atoms with Crippen molar-refractivity contribution in [2.45, 2.75) is 38.8 Å². The molecule has 0 bridgehead atoms. The van der Waals surface area contributed by atoms with Crippen LogP contribution in [-0.4, -0.2) is 58.6 Å². The van der Waals surface area contributed by atoms with Gasteiger partial charge in [-0.25, -0.2) is 0 Å². The van der Waals surface area contributed by atoms with Crippen LogP contribution in [0, 0.1) is 9.81 Å². The van der Waals surface area contributed by atoms with E-state index in [0.29, 0.717) is 12.8 Å². The van der Waals surface area contributed by atoms with Crippen LogP contribution in [0.1, 0.15) is 26.7 Å². The van der Waals surface area contributed by atoms with Crippen molar-refractivity contribution in [2.75, 3.05) is 26.3 Å². The molecule has 0 saturated heterocycles. The SMILES string of the molecule is CCC(CO)N(CCN(N=O)C(CC)CO)N=O. The summed E-state index contributed by atoms with van der Waals surface area (Å²) in [5.74, 6) is 0. The highest BCUT2D eigenvalue weighted by Gasteiger charge is 2.20. The molecule has 0 saturated carbocycles. The molecular weight excluding hydrogens is 240 g/mol. The van der Waals surface area contributed by atoms with Crippen molar-refractivity contribution in [3.05, 3.63) is 9.81 Å². The predicted molar refractivity (Wildman–Crippen MR) is 67.3 cm³/mol. The maximum Gasteiger partial charge on any atom is 0.0731 e. The van der Waals surface area contributed by atoms with Gasteiger partial charge < -0.3 is 10.2 Å². The highest BCUT2D eigenvalue weighted by Crippen LogP contribution is 2.08. The first-order chi connectivity index (χ1) is 8.68. The quantitative estimate of drug-likeness (QED) is 0.415. The summed E-state index contributed by atoms with van der Waals surface area (Å²) in [6, 6.07) is -0.713. The van der Waals surface area contributed by atoms with Gasteiger partial charge in [0.1, 0.15) is 0 Å². The van der Waals surface area contributed by atoms with Crippen LogP contribution >= 0.6 is 0 Å². The molecule has 2 N–H and O–H groups in total. The van der Waals surface area contributed by atoms with E-state index in [-0.39, 0.29) is 38.4 Å². The largest absolute Gasteiger partial charge is 0.394 e. The minimum absolute atomic E-state index is 0.173. The molecule has 8 heteroatoms. The smallest absolute Gasteiger partial charge is 0.0731 e. The Morgan fingerprint density at radius 3 is 1.39 bits per heavy atom. The molecule has 2 atom stereocenters. The zero-order chi connectivity index (χ0) is 14.0. The molecule has 0 aliphatic carbocycles. The maximum atomic E-state index is 10.7. The standard InChI is InChI=1S/C10H22N4O4/c1-3-9(7-15)13(11-17)5-6-14(12-18)10(4-2)8-16/h9-10,15-16H,3-8H2,1-2H3. The lowest BCUT2D eigenvalue weighted by Gasteiger charge is -2.28. The Bertz CT molecular complexity index is 210. The second kappa shape index (κ2) is 9.72. The third-order valence-corrected chi connectivity index (χ3v) is 2.97. The Hall–Kier alpha value is -1.28. The number of nitroso groups, excluding NO2 is 2. The summed E-state index contributed by atoms with van der Waals surface area (Å²) in [7, 11) is 0. The van der Waals surface area contributed by atoms with Gasteiger partial charge in [0.05, 0.1) is 49.0 Å². The van der Waals surface area contributed by atoms with Gasteiger partial charge in [-0.3, -0.25) is 10.0 Å². The number of aliphatic hydroxyl groups is 2. The minimum Gasteiger partial charge on any atom is -0.394 e. The Kier molecular flexibility index (Phi) is 9.03. The topological polar surface area (TPSA) is 106 Å². The Labute approximate surface area is 106 Å². The van der Waals surface area contributed by atoms with Crippen molar-refractivity contribution in [1.29, 1.82) is 0 Å². The van der Waals surface area contributed by atoms with Crippen molar-refractivity contribution >= 4 is 0 Å². The molecule has 0 spiro atoms. The fourth-order valence-electron chi connectivity index (χ4n) is 1.65. The predicted octanol–water partition coefficient (Wildman–Crippen LogP) is 0.495. The fraction of sp³-hybridized carbons (Fsp3) is 1.00. The van der Waals surface area contributed by atoms with Crippen LogP contribution in [0.25, 0.3) is 0 Å². The lowest BCUT2D eigenvalue weighted by Crippen LogP contribution is -2.41. The monoisotopic (exact) mass is 262 g/mol. The van der Waals surface area contributed by atoms with Crippen LogP contribution < -0.4 is 0 Å². The van der Waals surface area contributed by atoms with E-state index in [1.54, 1.807) is 0 Å². The maximum absolute atomic E-state index is 10.7. The van der Waals surface area contributed by atoms with E-state index in [1.165, 1.54) is 10.0 Å². The molecular formula is C10H22N4O4. The van der Waals surface area contributed by atoms with Gasteiger partial charge >= 0.3 is 0 Å². The van der Waals surface area contributed by atoms with E-state index in [0.717, 1.165) is 0 Å². The summed E-state index contributed by atoms with van der Waals surface area (Å²) in [5.41, 5.74) is 0. The molecule has 2 unspecified atom stereocenters. The molecule has 0 aromatic carbocycles. The van der Waals surface area contributed by atoms with Crippen molar-refractivity contribution in [3.63, 3.8) is 0 Å². The number of rotatable bonds is 11. The number of hydrogen-bond donors (Lipinski definition) is 2. The van der Waals surface area contributed by atoms with Gasteiger partial charge in [0.25, 0.3) is 0 Å². The number of aliphatic hydroxyl groups excluding tert-OH is 2. The van der Waals surface area contributed by atoms with E-state index >= 15 is 0 Å². The van der Waals surface area contributed by atoms with Gasteiger partial charge in [-0.15, -0.1) is 9.81 Å². The molecule has 0 radical (unpaired) electrons. The first-order valence-electron chi connectivity index (χ1n) is 6.09. The van der Waals surface area contributed by atoms with Gasteiger partial charge in [0.2, 0.25) is 0 Å². The summed E-state index contributed by atoms with van der Waals surface area (Å²) < 4.78 is 0. The molecule has 0 amide bonds. The second-order valence-electron chi connectivity index (χ2n) is 3.98. The van der Waals surface area contributed by atoms with Crippen LogP contribution in [0.5, 0.6) is 0 Å². The van der Waals surface area contributed by atoms with Crippen molar-refractivity contribution in [1.82, 2.24) is 10.0 Å². The minimum atomic E-state index is -0.356. The Morgan fingerprint density at radius 1 is 0.889 bits per heavy atom. The van der Waals surface area contributed by atoms with Crippen LogP contribution in [0.2, 0.25) is 0 Å². The fourth-order valence-corrected chi connectivity index (χ4v) is 1.65. The zero-order valence-electron chi connectivity index (χ0n) is 10.9.